The Bertz CT molecular complexity index is 926. The van der Waals surface area contributed by atoms with Gasteiger partial charge < -0.3 is 14.7 Å². The fourth-order valence-corrected chi connectivity index (χ4v) is 6.44. The Balaban J connectivity index is 1.40. The summed E-state index contributed by atoms with van der Waals surface area (Å²) in [5, 5.41) is 12.6. The van der Waals surface area contributed by atoms with Crippen LogP contribution in [0.5, 0.6) is 0 Å². The summed E-state index contributed by atoms with van der Waals surface area (Å²) in [5.74, 6) is 0.769. The van der Waals surface area contributed by atoms with E-state index in [0.717, 1.165) is 61.7 Å². The minimum atomic E-state index is -0.930. The molecular weight excluding hydrogens is 448 g/mol. The highest BCUT2D eigenvalue weighted by molar-refractivity contribution is 6.31. The van der Waals surface area contributed by atoms with Crippen LogP contribution in [0, 0.1) is 37.0 Å². The van der Waals surface area contributed by atoms with E-state index < -0.39 is 11.7 Å². The summed E-state index contributed by atoms with van der Waals surface area (Å²) < 4.78 is 5.50. The number of fused-ring (bicyclic) bond motifs is 1. The van der Waals surface area contributed by atoms with Crippen LogP contribution in [-0.2, 0) is 9.53 Å². The van der Waals surface area contributed by atoms with Gasteiger partial charge >= 0.3 is 5.97 Å². The molecule has 5 nitrogen and oxygen atoms in total. The van der Waals surface area contributed by atoms with Crippen LogP contribution >= 0.6 is 11.6 Å². The zero-order valence-corrected chi connectivity index (χ0v) is 22.0. The first-order valence-electron chi connectivity index (χ1n) is 12.8. The average Bonchev–Trinajstić information content (AvgIpc) is 2.78. The molecule has 6 atom stereocenters. The number of carbonyl (C=O) groups excluding carboxylic acids is 1. The molecular formula is C28H40ClN2O3. The van der Waals surface area contributed by atoms with Crippen molar-refractivity contribution in [3.05, 3.63) is 46.9 Å². The molecule has 1 heterocycles. The Morgan fingerprint density at radius 2 is 1.94 bits per heavy atom. The molecule has 2 aliphatic carbocycles. The molecule has 1 aliphatic heterocycles. The predicted octanol–water partition coefficient (Wildman–Crippen LogP) is 4.90. The van der Waals surface area contributed by atoms with Crippen LogP contribution in [0.15, 0.2) is 29.8 Å². The molecule has 6 heteroatoms. The first-order valence-corrected chi connectivity index (χ1v) is 13.1. The van der Waals surface area contributed by atoms with Gasteiger partial charge in [-0.2, -0.15) is 0 Å². The molecule has 1 saturated carbocycles. The van der Waals surface area contributed by atoms with Gasteiger partial charge in [-0.05, 0) is 67.7 Å². The van der Waals surface area contributed by atoms with Gasteiger partial charge in [0.25, 0.3) is 0 Å². The molecule has 1 saturated heterocycles. The largest absolute Gasteiger partial charge is 0.458 e. The minimum Gasteiger partial charge on any atom is -0.458 e. The number of halogens is 1. The van der Waals surface area contributed by atoms with E-state index >= 15 is 0 Å². The van der Waals surface area contributed by atoms with Crippen molar-refractivity contribution >= 4 is 23.3 Å². The van der Waals surface area contributed by atoms with E-state index in [9.17, 15) is 9.90 Å². The summed E-state index contributed by atoms with van der Waals surface area (Å²) in [5.41, 5.74) is 2.42. The zero-order chi connectivity index (χ0) is 24.6. The van der Waals surface area contributed by atoms with Crippen molar-refractivity contribution in [1.82, 2.24) is 4.90 Å². The highest BCUT2D eigenvalue weighted by atomic mass is 35.5. The van der Waals surface area contributed by atoms with E-state index in [1.807, 2.05) is 20.3 Å². The van der Waals surface area contributed by atoms with Gasteiger partial charge in [-0.1, -0.05) is 37.6 Å². The van der Waals surface area contributed by atoms with Crippen LogP contribution in [0.1, 0.15) is 46.1 Å². The first-order chi connectivity index (χ1) is 16.1. The number of ether oxygens (including phenoxy) is 1. The standard InChI is InChI=1S/C28H40ClN2O3/c1-18-6-8-23(15-26(18)29)31-12-10-30(11-13-31)17-20(3)24-9-7-21(4)28(33)16-27(34-22(5)32)19(2)14-25(24)28/h6,8,14-16,20-21,24-25,27,33H,7,9-13,17H2,1-5H3/t20?,21-,24+,25-,27-,28-/m1/s1. The molecule has 1 N–H and O–H groups in total. The van der Waals surface area contributed by atoms with E-state index in [1.165, 1.54) is 12.6 Å². The number of hydrogen-bond acceptors (Lipinski definition) is 5. The number of nitrogens with zero attached hydrogens (tertiary/aromatic N) is 2. The van der Waals surface area contributed by atoms with Gasteiger partial charge in [-0.3, -0.25) is 9.69 Å². The average molecular weight is 488 g/mol. The Hall–Kier alpha value is -1.56. The van der Waals surface area contributed by atoms with Gasteiger partial charge in [-0.25, -0.2) is 0 Å². The normalized spacial score (nSPS) is 33.1. The Morgan fingerprint density at radius 3 is 2.59 bits per heavy atom. The molecule has 1 radical (unpaired) electrons. The third-order valence-electron chi connectivity index (χ3n) is 8.49. The summed E-state index contributed by atoms with van der Waals surface area (Å²) in [7, 11) is 0. The zero-order valence-electron chi connectivity index (χ0n) is 21.3. The van der Waals surface area contributed by atoms with E-state index in [-0.39, 0.29) is 17.8 Å². The Morgan fingerprint density at radius 1 is 1.24 bits per heavy atom. The maximum absolute atomic E-state index is 11.8. The molecule has 4 rings (SSSR count). The first kappa shape index (κ1) is 25.5. The second kappa shape index (κ2) is 10.2. The number of anilines is 1. The smallest absolute Gasteiger partial charge is 0.303 e. The molecule has 0 amide bonds. The molecule has 34 heavy (non-hydrogen) atoms. The lowest BCUT2D eigenvalue weighted by Gasteiger charge is -2.53. The number of piperazine rings is 1. The summed E-state index contributed by atoms with van der Waals surface area (Å²) >= 11 is 6.35. The SMILES string of the molecule is CC(=O)O[C@@H]1[CH][C@@]2(O)[C@H](C)CC[C@@H](C(C)CN3CCN(c4ccc(C)c(Cl)c4)CC3)[C@H]2C=C1C. The van der Waals surface area contributed by atoms with Crippen molar-refractivity contribution < 1.29 is 14.6 Å². The van der Waals surface area contributed by atoms with Crippen molar-refractivity contribution in [3.63, 3.8) is 0 Å². The molecule has 1 aromatic rings. The number of rotatable bonds is 5. The Kier molecular flexibility index (Phi) is 7.66. The van der Waals surface area contributed by atoms with Gasteiger partial charge in [-0.15, -0.1) is 0 Å². The maximum Gasteiger partial charge on any atom is 0.303 e. The number of aliphatic hydroxyl groups is 1. The highest BCUT2D eigenvalue weighted by Gasteiger charge is 2.53. The van der Waals surface area contributed by atoms with Gasteiger partial charge in [0.1, 0.15) is 6.10 Å². The van der Waals surface area contributed by atoms with Crippen molar-refractivity contribution in [1.29, 1.82) is 0 Å². The second-order valence-electron chi connectivity index (χ2n) is 10.9. The number of carbonyl (C=O) groups is 1. The molecule has 0 spiro atoms. The summed E-state index contributed by atoms with van der Waals surface area (Å²) in [4.78, 5) is 16.6. The quantitative estimate of drug-likeness (QED) is 0.473. The van der Waals surface area contributed by atoms with Crippen LogP contribution in [0.2, 0.25) is 5.02 Å². The van der Waals surface area contributed by atoms with E-state index in [0.29, 0.717) is 11.8 Å². The maximum atomic E-state index is 11.8. The van der Waals surface area contributed by atoms with Crippen LogP contribution in [-0.4, -0.2) is 60.4 Å². The van der Waals surface area contributed by atoms with Crippen LogP contribution in [0.4, 0.5) is 5.69 Å². The summed E-state index contributed by atoms with van der Waals surface area (Å²) in [6.45, 7) is 15.0. The second-order valence-corrected chi connectivity index (χ2v) is 11.3. The number of aryl methyl sites for hydroxylation is 1. The summed E-state index contributed by atoms with van der Waals surface area (Å²) in [6, 6.07) is 6.34. The van der Waals surface area contributed by atoms with Gasteiger partial charge in [0.2, 0.25) is 0 Å². The third kappa shape index (κ3) is 5.17. The topological polar surface area (TPSA) is 53.0 Å². The highest BCUT2D eigenvalue weighted by Crippen LogP contribution is 2.50. The number of benzene rings is 1. The lowest BCUT2D eigenvalue weighted by molar-refractivity contribution is -0.148. The Labute approximate surface area is 210 Å². The van der Waals surface area contributed by atoms with Crippen molar-refractivity contribution in [2.24, 2.45) is 23.7 Å². The van der Waals surface area contributed by atoms with Crippen molar-refractivity contribution in [2.45, 2.75) is 59.2 Å². The molecule has 1 aromatic carbocycles. The molecule has 187 valence electrons. The lowest BCUT2D eigenvalue weighted by atomic mass is 9.57. The molecule has 0 bridgehead atoms. The minimum absolute atomic E-state index is 0.0639. The third-order valence-corrected chi connectivity index (χ3v) is 8.90. The fourth-order valence-electron chi connectivity index (χ4n) is 6.26. The predicted molar refractivity (Wildman–Crippen MR) is 138 cm³/mol. The van der Waals surface area contributed by atoms with Crippen LogP contribution < -0.4 is 4.90 Å². The number of hydrogen-bond donors (Lipinski definition) is 1. The summed E-state index contributed by atoms with van der Waals surface area (Å²) in [6.07, 6.45) is 5.78. The monoisotopic (exact) mass is 487 g/mol. The van der Waals surface area contributed by atoms with Gasteiger partial charge in [0, 0.05) is 62.7 Å². The fraction of sp³-hybridized carbons (Fsp3) is 0.643. The van der Waals surface area contributed by atoms with Crippen molar-refractivity contribution in [2.75, 3.05) is 37.6 Å². The van der Waals surface area contributed by atoms with E-state index in [2.05, 4.69) is 47.9 Å². The van der Waals surface area contributed by atoms with Gasteiger partial charge in [0.15, 0.2) is 0 Å². The van der Waals surface area contributed by atoms with Crippen LogP contribution in [0.25, 0.3) is 0 Å². The molecule has 2 fully saturated rings. The molecule has 0 aromatic heterocycles. The van der Waals surface area contributed by atoms with E-state index in [1.54, 1.807) is 0 Å². The van der Waals surface area contributed by atoms with Crippen molar-refractivity contribution in [3.8, 4) is 0 Å². The lowest BCUT2D eigenvalue weighted by Crippen LogP contribution is -2.57. The van der Waals surface area contributed by atoms with Gasteiger partial charge in [0.05, 0.1) is 5.60 Å². The van der Waals surface area contributed by atoms with Crippen LogP contribution in [0.3, 0.4) is 0 Å². The molecule has 1 unspecified atom stereocenters. The number of esters is 1. The van der Waals surface area contributed by atoms with E-state index in [4.69, 9.17) is 16.3 Å². The molecule has 3 aliphatic rings.